The summed E-state index contributed by atoms with van der Waals surface area (Å²) in [5.74, 6) is -0.158. The number of rotatable bonds is 6. The quantitative estimate of drug-likeness (QED) is 0.703. The third-order valence-electron chi connectivity index (χ3n) is 2.83. The standard InChI is InChI=1S/C15H22BrN3O2/c1-10(2)17-14(20)8-19(4)9-15(21)18-12-6-5-11(3)13(16)7-12/h5-7,10H,8-9H2,1-4H3,(H,17,20)(H,18,21)/p+1. The third kappa shape index (κ3) is 6.73. The molecule has 0 aliphatic rings. The molecule has 0 aliphatic carbocycles. The van der Waals surface area contributed by atoms with Gasteiger partial charge in [0.25, 0.3) is 11.8 Å². The van der Waals surface area contributed by atoms with Crippen molar-refractivity contribution < 1.29 is 14.5 Å². The molecule has 1 atom stereocenters. The molecule has 0 bridgehead atoms. The van der Waals surface area contributed by atoms with Crippen molar-refractivity contribution in [1.82, 2.24) is 5.32 Å². The Balaban J connectivity index is 2.45. The van der Waals surface area contributed by atoms with Crippen molar-refractivity contribution >= 4 is 33.4 Å². The molecule has 0 radical (unpaired) electrons. The molecule has 0 aromatic heterocycles. The molecule has 1 unspecified atom stereocenters. The zero-order valence-corrected chi connectivity index (χ0v) is 14.5. The van der Waals surface area contributed by atoms with Crippen LogP contribution < -0.4 is 15.5 Å². The van der Waals surface area contributed by atoms with E-state index in [1.165, 1.54) is 0 Å². The van der Waals surface area contributed by atoms with Crippen LogP contribution in [-0.2, 0) is 9.59 Å². The minimum atomic E-state index is -0.111. The molecule has 0 fully saturated rings. The highest BCUT2D eigenvalue weighted by Crippen LogP contribution is 2.20. The molecule has 3 N–H and O–H groups in total. The average molecular weight is 357 g/mol. The predicted molar refractivity (Wildman–Crippen MR) is 87.4 cm³/mol. The Bertz CT molecular complexity index is 518. The molecule has 5 nitrogen and oxygen atoms in total. The fourth-order valence-electron chi connectivity index (χ4n) is 1.86. The maximum atomic E-state index is 11.9. The van der Waals surface area contributed by atoms with E-state index in [0.717, 1.165) is 20.6 Å². The van der Waals surface area contributed by atoms with E-state index in [9.17, 15) is 9.59 Å². The first-order chi connectivity index (χ1) is 9.77. The fraction of sp³-hybridized carbons (Fsp3) is 0.467. The first-order valence-corrected chi connectivity index (χ1v) is 7.74. The van der Waals surface area contributed by atoms with E-state index in [0.29, 0.717) is 0 Å². The van der Waals surface area contributed by atoms with Gasteiger partial charge in [0.05, 0.1) is 7.05 Å². The lowest BCUT2D eigenvalue weighted by molar-refractivity contribution is -0.862. The SMILES string of the molecule is Cc1ccc(NC(=O)C[NH+](C)CC(=O)NC(C)C)cc1Br. The molecule has 1 rings (SSSR count). The van der Waals surface area contributed by atoms with Gasteiger partial charge in [-0.15, -0.1) is 0 Å². The number of carbonyl (C=O) groups is 2. The van der Waals surface area contributed by atoms with Gasteiger partial charge in [0.1, 0.15) is 0 Å². The lowest BCUT2D eigenvalue weighted by Crippen LogP contribution is -3.11. The molecular weight excluding hydrogens is 334 g/mol. The molecule has 0 aliphatic heterocycles. The highest BCUT2D eigenvalue weighted by Gasteiger charge is 2.14. The molecule has 0 saturated heterocycles. The smallest absolute Gasteiger partial charge is 0.279 e. The molecule has 1 aromatic rings. The van der Waals surface area contributed by atoms with Crippen molar-refractivity contribution in [1.29, 1.82) is 0 Å². The Morgan fingerprint density at radius 3 is 2.43 bits per heavy atom. The van der Waals surface area contributed by atoms with Crippen LogP contribution in [0.2, 0.25) is 0 Å². The van der Waals surface area contributed by atoms with E-state index in [1.807, 2.05) is 46.0 Å². The lowest BCUT2D eigenvalue weighted by Gasteiger charge is -2.15. The van der Waals surface area contributed by atoms with Gasteiger partial charge in [-0.1, -0.05) is 22.0 Å². The Labute approximate surface area is 134 Å². The summed E-state index contributed by atoms with van der Waals surface area (Å²) in [6, 6.07) is 5.78. The first kappa shape index (κ1) is 17.7. The average Bonchev–Trinajstić information content (AvgIpc) is 2.32. The normalized spacial score (nSPS) is 12.1. The topological polar surface area (TPSA) is 62.6 Å². The highest BCUT2D eigenvalue weighted by molar-refractivity contribution is 9.10. The van der Waals surface area contributed by atoms with Crippen molar-refractivity contribution in [3.63, 3.8) is 0 Å². The monoisotopic (exact) mass is 356 g/mol. The maximum Gasteiger partial charge on any atom is 0.279 e. The molecule has 1 aromatic carbocycles. The number of likely N-dealkylation sites (N-methyl/N-ethyl adjacent to an activating group) is 1. The summed E-state index contributed by atoms with van der Waals surface area (Å²) < 4.78 is 0.956. The van der Waals surface area contributed by atoms with Crippen LogP contribution in [0.1, 0.15) is 19.4 Å². The predicted octanol–water partition coefficient (Wildman–Crippen LogP) is 0.735. The summed E-state index contributed by atoms with van der Waals surface area (Å²) in [7, 11) is 1.82. The van der Waals surface area contributed by atoms with Gasteiger partial charge in [0.2, 0.25) is 0 Å². The van der Waals surface area contributed by atoms with Crippen LogP contribution in [-0.4, -0.2) is 38.0 Å². The highest BCUT2D eigenvalue weighted by atomic mass is 79.9. The number of aryl methyl sites for hydroxylation is 1. The van der Waals surface area contributed by atoms with Gasteiger partial charge in [-0.25, -0.2) is 0 Å². The van der Waals surface area contributed by atoms with E-state index in [2.05, 4.69) is 26.6 Å². The van der Waals surface area contributed by atoms with Gasteiger partial charge in [-0.2, -0.15) is 0 Å². The molecule has 0 spiro atoms. The van der Waals surface area contributed by atoms with Crippen LogP contribution in [0, 0.1) is 6.92 Å². The van der Waals surface area contributed by atoms with Crippen LogP contribution in [0.4, 0.5) is 5.69 Å². The van der Waals surface area contributed by atoms with Crippen molar-refractivity contribution in [2.75, 3.05) is 25.5 Å². The van der Waals surface area contributed by atoms with E-state index in [1.54, 1.807) is 0 Å². The number of quaternary nitrogens is 1. The molecule has 0 saturated carbocycles. The van der Waals surface area contributed by atoms with Gasteiger partial charge in [-0.3, -0.25) is 9.59 Å². The summed E-state index contributed by atoms with van der Waals surface area (Å²) in [6.45, 7) is 6.34. The number of anilines is 1. The van der Waals surface area contributed by atoms with Gasteiger partial charge < -0.3 is 15.5 Å². The minimum absolute atomic E-state index is 0.0478. The number of carbonyl (C=O) groups excluding carboxylic acids is 2. The van der Waals surface area contributed by atoms with Gasteiger partial charge in [0.15, 0.2) is 13.1 Å². The van der Waals surface area contributed by atoms with Crippen molar-refractivity contribution in [3.05, 3.63) is 28.2 Å². The molecule has 0 heterocycles. The van der Waals surface area contributed by atoms with E-state index < -0.39 is 0 Å². The Morgan fingerprint density at radius 1 is 1.24 bits per heavy atom. The van der Waals surface area contributed by atoms with E-state index in [4.69, 9.17) is 0 Å². The molecule has 21 heavy (non-hydrogen) atoms. The number of benzene rings is 1. The number of hydrogen-bond acceptors (Lipinski definition) is 2. The van der Waals surface area contributed by atoms with Gasteiger partial charge in [-0.05, 0) is 38.5 Å². The second kappa shape index (κ2) is 8.14. The zero-order valence-electron chi connectivity index (χ0n) is 12.9. The Hall–Kier alpha value is -1.40. The lowest BCUT2D eigenvalue weighted by atomic mass is 10.2. The number of halogens is 1. The second-order valence-electron chi connectivity index (χ2n) is 5.55. The summed E-state index contributed by atoms with van der Waals surface area (Å²) in [6.07, 6.45) is 0. The number of nitrogens with one attached hydrogen (secondary N) is 3. The van der Waals surface area contributed by atoms with Crippen LogP contribution in [0.15, 0.2) is 22.7 Å². The van der Waals surface area contributed by atoms with Crippen molar-refractivity contribution in [2.24, 2.45) is 0 Å². The largest absolute Gasteiger partial charge is 0.349 e. The second-order valence-corrected chi connectivity index (χ2v) is 6.40. The summed E-state index contributed by atoms with van der Waals surface area (Å²) in [5.41, 5.74) is 1.86. The number of amides is 2. The fourth-order valence-corrected chi connectivity index (χ4v) is 2.24. The number of hydrogen-bond donors (Lipinski definition) is 3. The van der Waals surface area contributed by atoms with Crippen molar-refractivity contribution in [3.8, 4) is 0 Å². The van der Waals surface area contributed by atoms with E-state index >= 15 is 0 Å². The Morgan fingerprint density at radius 2 is 1.86 bits per heavy atom. The van der Waals surface area contributed by atoms with E-state index in [-0.39, 0.29) is 30.9 Å². The van der Waals surface area contributed by atoms with Gasteiger partial charge in [0, 0.05) is 16.2 Å². The van der Waals surface area contributed by atoms with Gasteiger partial charge >= 0.3 is 0 Å². The zero-order chi connectivity index (χ0) is 16.0. The summed E-state index contributed by atoms with van der Waals surface area (Å²) in [4.78, 5) is 24.4. The minimum Gasteiger partial charge on any atom is -0.349 e. The summed E-state index contributed by atoms with van der Waals surface area (Å²) >= 11 is 3.43. The Kier molecular flexibility index (Phi) is 6.84. The first-order valence-electron chi connectivity index (χ1n) is 6.94. The third-order valence-corrected chi connectivity index (χ3v) is 3.68. The van der Waals surface area contributed by atoms with Crippen LogP contribution in [0.5, 0.6) is 0 Å². The molecule has 116 valence electrons. The maximum absolute atomic E-state index is 11.9. The molecular formula is C15H23BrN3O2+. The van der Waals surface area contributed by atoms with Crippen molar-refractivity contribution in [2.45, 2.75) is 26.8 Å². The summed E-state index contributed by atoms with van der Waals surface area (Å²) in [5, 5.41) is 5.65. The van der Waals surface area contributed by atoms with Crippen LogP contribution >= 0.6 is 15.9 Å². The molecule has 6 heteroatoms. The van der Waals surface area contributed by atoms with Crippen LogP contribution in [0.25, 0.3) is 0 Å². The molecule has 2 amide bonds. The van der Waals surface area contributed by atoms with Crippen LogP contribution in [0.3, 0.4) is 0 Å².